The van der Waals surface area contributed by atoms with E-state index in [-0.39, 0.29) is 18.7 Å². The molecule has 0 heterocycles. The van der Waals surface area contributed by atoms with Gasteiger partial charge in [0.15, 0.2) is 0 Å². The maximum Gasteiger partial charge on any atom is 0.220 e. The normalized spacial score (nSPS) is 32.7. The molecular weight excluding hydrogens is 226 g/mol. The molecule has 2 fully saturated rings. The van der Waals surface area contributed by atoms with Crippen molar-refractivity contribution in [1.29, 1.82) is 0 Å². The molecule has 0 aromatic carbocycles. The second-order valence-corrected chi connectivity index (χ2v) is 6.02. The van der Waals surface area contributed by atoms with E-state index < -0.39 is 0 Å². The number of Topliss-reactive ketones (excluding diaryl/α,β-unsaturated/α-hetero) is 1. The van der Waals surface area contributed by atoms with Crippen molar-refractivity contribution in [2.75, 3.05) is 0 Å². The first-order valence-corrected chi connectivity index (χ1v) is 7.24. The minimum Gasteiger partial charge on any atom is -0.351 e. The van der Waals surface area contributed by atoms with Crippen molar-refractivity contribution >= 4 is 11.7 Å². The van der Waals surface area contributed by atoms with E-state index >= 15 is 0 Å². The van der Waals surface area contributed by atoms with E-state index in [1.54, 1.807) is 0 Å². The highest BCUT2D eigenvalue weighted by atomic mass is 16.2. The van der Waals surface area contributed by atoms with Crippen LogP contribution in [0.4, 0.5) is 0 Å². The second-order valence-electron chi connectivity index (χ2n) is 6.02. The first-order valence-electron chi connectivity index (χ1n) is 7.24. The molecule has 1 N–H and O–H groups in total. The molecule has 0 atom stereocenters. The van der Waals surface area contributed by atoms with Gasteiger partial charge in [-0.2, -0.15) is 0 Å². The largest absolute Gasteiger partial charge is 0.351 e. The van der Waals surface area contributed by atoms with Gasteiger partial charge in [-0.15, -0.1) is 0 Å². The predicted octanol–water partition coefficient (Wildman–Crippen LogP) is 3.47. The van der Waals surface area contributed by atoms with Crippen LogP contribution in [0.1, 0.15) is 74.1 Å². The molecule has 0 aromatic rings. The zero-order chi connectivity index (χ0) is 13.8. The molecule has 0 radical (unpaired) electrons. The zero-order valence-electron chi connectivity index (χ0n) is 12.3. The number of hydrogen-bond acceptors (Lipinski definition) is 2. The van der Waals surface area contributed by atoms with Gasteiger partial charge in [0.2, 0.25) is 5.91 Å². The van der Waals surface area contributed by atoms with Crippen LogP contribution in [0, 0.1) is 5.41 Å². The molecule has 2 rings (SSSR count). The van der Waals surface area contributed by atoms with Crippen LogP contribution in [0.5, 0.6) is 0 Å². The van der Waals surface area contributed by atoms with E-state index in [1.165, 1.54) is 19.8 Å². The monoisotopic (exact) mass is 255 g/mol. The predicted molar refractivity (Wildman–Crippen MR) is 75.4 cm³/mol. The minimum atomic E-state index is 0. The summed E-state index contributed by atoms with van der Waals surface area (Å²) >= 11 is 0. The first-order chi connectivity index (χ1) is 8.43. The number of hydrogen-bond donors (Lipinski definition) is 1. The van der Waals surface area contributed by atoms with Gasteiger partial charge in [0.1, 0.15) is 5.78 Å². The summed E-state index contributed by atoms with van der Waals surface area (Å²) in [5.41, 5.74) is 0.538. The third-order valence-corrected chi connectivity index (χ3v) is 4.29. The molecule has 0 aliphatic heterocycles. The number of ketones is 1. The van der Waals surface area contributed by atoms with Gasteiger partial charge in [0, 0.05) is 19.8 Å². The smallest absolute Gasteiger partial charge is 0.220 e. The Balaban J connectivity index is 0.00000103. The SMILES string of the molecule is CC.CC(=O)CCC(=O)NC12CCC(C)(CC1)C2.[HH]. The minimum absolute atomic E-state index is 0. The van der Waals surface area contributed by atoms with Crippen LogP contribution in [0.25, 0.3) is 0 Å². The molecule has 3 heteroatoms. The highest BCUT2D eigenvalue weighted by molar-refractivity contribution is 5.84. The number of carbonyl (C=O) groups is 2. The molecule has 2 aliphatic carbocycles. The van der Waals surface area contributed by atoms with Gasteiger partial charge in [-0.05, 0) is 44.4 Å². The lowest BCUT2D eigenvalue weighted by atomic mass is 9.86. The number of carbonyl (C=O) groups excluding carboxylic acids is 2. The van der Waals surface area contributed by atoms with Gasteiger partial charge >= 0.3 is 0 Å². The molecule has 3 nitrogen and oxygen atoms in total. The average Bonchev–Trinajstić information content (AvgIpc) is 2.82. The van der Waals surface area contributed by atoms with Crippen molar-refractivity contribution in [1.82, 2.24) is 5.32 Å². The summed E-state index contributed by atoms with van der Waals surface area (Å²) in [6.45, 7) is 7.86. The Morgan fingerprint density at radius 3 is 2.06 bits per heavy atom. The highest BCUT2D eigenvalue weighted by Crippen LogP contribution is 2.56. The molecule has 106 valence electrons. The Morgan fingerprint density at radius 2 is 1.67 bits per heavy atom. The Labute approximate surface area is 112 Å². The van der Waals surface area contributed by atoms with Crippen molar-refractivity contribution in [3.8, 4) is 0 Å². The molecule has 1 amide bonds. The molecule has 0 unspecified atom stereocenters. The maximum absolute atomic E-state index is 11.7. The fourth-order valence-electron chi connectivity index (χ4n) is 3.32. The summed E-state index contributed by atoms with van der Waals surface area (Å²) in [6.07, 6.45) is 6.57. The van der Waals surface area contributed by atoms with Gasteiger partial charge in [0.05, 0.1) is 0 Å². The van der Waals surface area contributed by atoms with E-state index in [0.29, 0.717) is 18.3 Å². The van der Waals surface area contributed by atoms with Gasteiger partial charge in [-0.25, -0.2) is 0 Å². The van der Waals surface area contributed by atoms with Crippen LogP contribution in [0.2, 0.25) is 0 Å². The first kappa shape index (κ1) is 15.2. The number of rotatable bonds is 4. The Morgan fingerprint density at radius 1 is 1.11 bits per heavy atom. The summed E-state index contributed by atoms with van der Waals surface area (Å²) < 4.78 is 0. The topological polar surface area (TPSA) is 46.2 Å². The molecule has 18 heavy (non-hydrogen) atoms. The van der Waals surface area contributed by atoms with E-state index in [2.05, 4.69) is 12.2 Å². The van der Waals surface area contributed by atoms with Gasteiger partial charge in [-0.1, -0.05) is 20.8 Å². The zero-order valence-corrected chi connectivity index (χ0v) is 12.3. The van der Waals surface area contributed by atoms with E-state index in [1.807, 2.05) is 13.8 Å². The summed E-state index contributed by atoms with van der Waals surface area (Å²) in [6, 6.07) is 0. The lowest BCUT2D eigenvalue weighted by Crippen LogP contribution is -2.45. The van der Waals surface area contributed by atoms with Crippen molar-refractivity contribution < 1.29 is 11.0 Å². The quantitative estimate of drug-likeness (QED) is 0.836. The van der Waals surface area contributed by atoms with Crippen molar-refractivity contribution in [3.05, 3.63) is 0 Å². The number of nitrogens with one attached hydrogen (secondary N) is 1. The van der Waals surface area contributed by atoms with Crippen molar-refractivity contribution in [3.63, 3.8) is 0 Å². The maximum atomic E-state index is 11.7. The van der Waals surface area contributed by atoms with E-state index in [4.69, 9.17) is 0 Å². The van der Waals surface area contributed by atoms with Crippen LogP contribution < -0.4 is 5.32 Å². The Kier molecular flexibility index (Phi) is 4.94. The van der Waals surface area contributed by atoms with Crippen LogP contribution in [0.3, 0.4) is 0 Å². The lowest BCUT2D eigenvalue weighted by Gasteiger charge is -2.28. The molecule has 2 saturated carbocycles. The van der Waals surface area contributed by atoms with Crippen molar-refractivity contribution in [2.45, 2.75) is 78.2 Å². The average molecular weight is 255 g/mol. The Bertz CT molecular complexity index is 320. The van der Waals surface area contributed by atoms with E-state index in [0.717, 1.165) is 19.3 Å². The number of amides is 1. The fourth-order valence-corrected chi connectivity index (χ4v) is 3.32. The van der Waals surface area contributed by atoms with Crippen LogP contribution in [-0.2, 0) is 9.59 Å². The van der Waals surface area contributed by atoms with Crippen LogP contribution in [0.15, 0.2) is 0 Å². The molecule has 2 bridgehead atoms. The lowest BCUT2D eigenvalue weighted by molar-refractivity contribution is -0.126. The third-order valence-electron chi connectivity index (χ3n) is 4.29. The Hall–Kier alpha value is -0.860. The second kappa shape index (κ2) is 5.85. The highest BCUT2D eigenvalue weighted by Gasteiger charge is 2.52. The summed E-state index contributed by atoms with van der Waals surface area (Å²) in [5.74, 6) is 0.150. The molecule has 0 saturated heterocycles. The van der Waals surface area contributed by atoms with Gasteiger partial charge in [-0.3, -0.25) is 4.79 Å². The summed E-state index contributed by atoms with van der Waals surface area (Å²) in [4.78, 5) is 22.5. The third kappa shape index (κ3) is 3.56. The molecule has 2 aliphatic rings. The number of fused-ring (bicyclic) bond motifs is 2. The molecular formula is C15H29NO2. The van der Waals surface area contributed by atoms with Crippen molar-refractivity contribution in [2.24, 2.45) is 5.41 Å². The van der Waals surface area contributed by atoms with Crippen LogP contribution >= 0.6 is 0 Å². The van der Waals surface area contributed by atoms with Gasteiger partial charge < -0.3 is 10.1 Å². The fraction of sp³-hybridized carbons (Fsp3) is 0.867. The van der Waals surface area contributed by atoms with Crippen LogP contribution in [-0.4, -0.2) is 17.2 Å². The summed E-state index contributed by atoms with van der Waals surface area (Å²) in [7, 11) is 0. The van der Waals surface area contributed by atoms with Gasteiger partial charge in [0.25, 0.3) is 0 Å². The summed E-state index contributed by atoms with van der Waals surface area (Å²) in [5, 5.41) is 3.17. The standard InChI is InChI=1S/C13H21NO2.C2H6.H2/c1-10(15)3-4-11(16)14-13-7-5-12(2,9-13)6-8-13;1-2;/h3-9H2,1-2H3,(H,14,16);1-2H3;1H. The molecule has 0 aromatic heterocycles. The molecule has 0 spiro atoms. The van der Waals surface area contributed by atoms with E-state index in [9.17, 15) is 9.59 Å².